The molecule has 1 aliphatic carbocycles. The normalized spacial score (nSPS) is 32.2. The molecule has 1 saturated carbocycles. The first-order chi connectivity index (χ1) is 5.74. The van der Waals surface area contributed by atoms with Gasteiger partial charge in [-0.15, -0.1) is 0 Å². The van der Waals surface area contributed by atoms with Crippen LogP contribution in [0.1, 0.15) is 39.5 Å². The molecule has 2 N–H and O–H groups in total. The summed E-state index contributed by atoms with van der Waals surface area (Å²) in [5.74, 6) is 0.734. The van der Waals surface area contributed by atoms with Gasteiger partial charge in [-0.05, 0) is 31.7 Å². The van der Waals surface area contributed by atoms with E-state index in [0.29, 0.717) is 6.04 Å². The molecule has 0 amide bonds. The summed E-state index contributed by atoms with van der Waals surface area (Å²) in [5.41, 5.74) is 0. The Labute approximate surface area is 75.4 Å². The maximum absolute atomic E-state index is 9.51. The molecule has 0 aromatic carbocycles. The smallest absolute Gasteiger partial charge is 0.0693 e. The summed E-state index contributed by atoms with van der Waals surface area (Å²) < 4.78 is 0. The third-order valence-corrected chi connectivity index (χ3v) is 2.90. The van der Waals surface area contributed by atoms with E-state index in [-0.39, 0.29) is 6.10 Å². The molecule has 0 radical (unpaired) electrons. The Hall–Kier alpha value is -0.0800. The molecular formula is C10H21NO. The first-order valence-electron chi connectivity index (χ1n) is 5.15. The largest absolute Gasteiger partial charge is 0.392 e. The fourth-order valence-corrected chi connectivity index (χ4v) is 1.68. The molecule has 72 valence electrons. The summed E-state index contributed by atoms with van der Waals surface area (Å²) in [5, 5.41) is 12.9. The minimum Gasteiger partial charge on any atom is -0.392 e. The number of aliphatic hydroxyl groups is 1. The third-order valence-electron chi connectivity index (χ3n) is 2.90. The van der Waals surface area contributed by atoms with Crippen molar-refractivity contribution in [2.24, 2.45) is 5.92 Å². The quantitative estimate of drug-likeness (QED) is 0.672. The Morgan fingerprint density at radius 1 is 1.50 bits per heavy atom. The average Bonchev–Trinajstić information content (AvgIpc) is 2.47. The van der Waals surface area contributed by atoms with Crippen molar-refractivity contribution in [2.45, 2.75) is 51.7 Å². The highest BCUT2D eigenvalue weighted by Gasteiger charge is 2.24. The van der Waals surface area contributed by atoms with E-state index in [9.17, 15) is 5.11 Å². The summed E-state index contributed by atoms with van der Waals surface area (Å²) in [4.78, 5) is 0. The highest BCUT2D eigenvalue weighted by atomic mass is 16.3. The van der Waals surface area contributed by atoms with Gasteiger partial charge in [-0.1, -0.05) is 20.3 Å². The lowest BCUT2D eigenvalue weighted by molar-refractivity contribution is 0.147. The van der Waals surface area contributed by atoms with E-state index in [0.717, 1.165) is 25.3 Å². The SMILES string of the molecule is CCC(C)CNC1CCCC1O. The van der Waals surface area contributed by atoms with Crippen molar-refractivity contribution >= 4 is 0 Å². The monoisotopic (exact) mass is 171 g/mol. The maximum Gasteiger partial charge on any atom is 0.0693 e. The van der Waals surface area contributed by atoms with Crippen LogP contribution < -0.4 is 5.32 Å². The van der Waals surface area contributed by atoms with Crippen molar-refractivity contribution < 1.29 is 5.11 Å². The second-order valence-corrected chi connectivity index (χ2v) is 4.03. The Kier molecular flexibility index (Phi) is 4.02. The van der Waals surface area contributed by atoms with Crippen LogP contribution in [0.3, 0.4) is 0 Å². The molecule has 2 heteroatoms. The van der Waals surface area contributed by atoms with Crippen LogP contribution in [0, 0.1) is 5.92 Å². The Morgan fingerprint density at radius 2 is 2.25 bits per heavy atom. The van der Waals surface area contributed by atoms with Crippen LogP contribution >= 0.6 is 0 Å². The second-order valence-electron chi connectivity index (χ2n) is 4.03. The molecular weight excluding hydrogens is 150 g/mol. The molecule has 0 bridgehead atoms. The molecule has 2 nitrogen and oxygen atoms in total. The molecule has 0 aromatic rings. The van der Waals surface area contributed by atoms with Gasteiger partial charge in [-0.2, -0.15) is 0 Å². The zero-order chi connectivity index (χ0) is 8.97. The molecule has 0 aromatic heterocycles. The van der Waals surface area contributed by atoms with Gasteiger partial charge in [0.05, 0.1) is 6.10 Å². The van der Waals surface area contributed by atoms with Crippen LogP contribution in [0.4, 0.5) is 0 Å². The van der Waals surface area contributed by atoms with Crippen molar-refractivity contribution in [3.8, 4) is 0 Å². The maximum atomic E-state index is 9.51. The lowest BCUT2D eigenvalue weighted by Crippen LogP contribution is -2.37. The topological polar surface area (TPSA) is 32.3 Å². The fourth-order valence-electron chi connectivity index (χ4n) is 1.68. The van der Waals surface area contributed by atoms with Crippen LogP contribution in [-0.4, -0.2) is 23.8 Å². The highest BCUT2D eigenvalue weighted by Crippen LogP contribution is 2.18. The van der Waals surface area contributed by atoms with Crippen LogP contribution in [0.5, 0.6) is 0 Å². The summed E-state index contributed by atoms with van der Waals surface area (Å²) in [6.07, 6.45) is 4.44. The summed E-state index contributed by atoms with van der Waals surface area (Å²) in [7, 11) is 0. The van der Waals surface area contributed by atoms with Crippen molar-refractivity contribution in [2.75, 3.05) is 6.54 Å². The molecule has 1 rings (SSSR count). The zero-order valence-corrected chi connectivity index (χ0v) is 8.21. The minimum absolute atomic E-state index is 0.0888. The lowest BCUT2D eigenvalue weighted by atomic mass is 10.1. The molecule has 0 spiro atoms. The zero-order valence-electron chi connectivity index (χ0n) is 8.21. The number of aliphatic hydroxyl groups excluding tert-OH is 1. The number of rotatable bonds is 4. The van der Waals surface area contributed by atoms with Crippen molar-refractivity contribution in [3.05, 3.63) is 0 Å². The molecule has 3 unspecified atom stereocenters. The molecule has 1 fully saturated rings. The van der Waals surface area contributed by atoms with E-state index in [4.69, 9.17) is 0 Å². The van der Waals surface area contributed by atoms with Crippen molar-refractivity contribution in [1.29, 1.82) is 0 Å². The van der Waals surface area contributed by atoms with E-state index in [1.54, 1.807) is 0 Å². The van der Waals surface area contributed by atoms with Gasteiger partial charge in [-0.3, -0.25) is 0 Å². The molecule has 0 saturated heterocycles. The van der Waals surface area contributed by atoms with Crippen molar-refractivity contribution in [1.82, 2.24) is 5.32 Å². The van der Waals surface area contributed by atoms with Gasteiger partial charge in [0.15, 0.2) is 0 Å². The first kappa shape index (κ1) is 10.0. The van der Waals surface area contributed by atoms with Gasteiger partial charge < -0.3 is 10.4 Å². The third kappa shape index (κ3) is 2.76. The highest BCUT2D eigenvalue weighted by molar-refractivity contribution is 4.82. The number of nitrogens with one attached hydrogen (secondary N) is 1. The van der Waals surface area contributed by atoms with Crippen LogP contribution in [0.25, 0.3) is 0 Å². The van der Waals surface area contributed by atoms with Gasteiger partial charge in [0.25, 0.3) is 0 Å². The van der Waals surface area contributed by atoms with E-state index < -0.39 is 0 Å². The van der Waals surface area contributed by atoms with Crippen LogP contribution in [-0.2, 0) is 0 Å². The predicted molar refractivity (Wildman–Crippen MR) is 51.1 cm³/mol. The van der Waals surface area contributed by atoms with E-state index >= 15 is 0 Å². The first-order valence-corrected chi connectivity index (χ1v) is 5.15. The predicted octanol–water partition coefficient (Wildman–Crippen LogP) is 1.54. The standard InChI is InChI=1S/C10H21NO/c1-3-8(2)7-11-9-5-4-6-10(9)12/h8-12H,3-7H2,1-2H3. The van der Waals surface area contributed by atoms with E-state index in [1.165, 1.54) is 12.8 Å². The van der Waals surface area contributed by atoms with Gasteiger partial charge >= 0.3 is 0 Å². The van der Waals surface area contributed by atoms with Crippen LogP contribution in [0.2, 0.25) is 0 Å². The van der Waals surface area contributed by atoms with E-state index in [2.05, 4.69) is 19.2 Å². The fraction of sp³-hybridized carbons (Fsp3) is 1.00. The molecule has 0 aliphatic heterocycles. The van der Waals surface area contributed by atoms with E-state index in [1.807, 2.05) is 0 Å². The number of hydrogen-bond donors (Lipinski definition) is 2. The second kappa shape index (κ2) is 4.83. The number of hydrogen-bond acceptors (Lipinski definition) is 2. The Bertz CT molecular complexity index is 127. The Balaban J connectivity index is 2.13. The molecule has 0 heterocycles. The average molecular weight is 171 g/mol. The van der Waals surface area contributed by atoms with Crippen molar-refractivity contribution in [3.63, 3.8) is 0 Å². The molecule has 3 atom stereocenters. The molecule has 1 aliphatic rings. The van der Waals surface area contributed by atoms with Crippen LogP contribution in [0.15, 0.2) is 0 Å². The van der Waals surface area contributed by atoms with Gasteiger partial charge in [0, 0.05) is 6.04 Å². The lowest BCUT2D eigenvalue weighted by Gasteiger charge is -2.18. The summed E-state index contributed by atoms with van der Waals surface area (Å²) in [6, 6.07) is 0.374. The van der Waals surface area contributed by atoms with Gasteiger partial charge in [0.2, 0.25) is 0 Å². The summed E-state index contributed by atoms with van der Waals surface area (Å²) >= 11 is 0. The van der Waals surface area contributed by atoms with Gasteiger partial charge in [-0.25, -0.2) is 0 Å². The minimum atomic E-state index is -0.0888. The molecule has 12 heavy (non-hydrogen) atoms. The van der Waals surface area contributed by atoms with Gasteiger partial charge in [0.1, 0.15) is 0 Å². The summed E-state index contributed by atoms with van der Waals surface area (Å²) in [6.45, 7) is 5.50. The Morgan fingerprint density at radius 3 is 2.75 bits per heavy atom.